The number of aliphatic hydroxyl groups excluding tert-OH is 1. The van der Waals surface area contributed by atoms with Crippen LogP contribution in [0.15, 0.2) is 134 Å². The highest BCUT2D eigenvalue weighted by molar-refractivity contribution is 7.45. The molecule has 0 aliphatic carbocycles. The number of phosphoric acid groups is 1. The molecule has 0 aliphatic rings. The van der Waals surface area contributed by atoms with Gasteiger partial charge in [-0.15, -0.1) is 0 Å². The van der Waals surface area contributed by atoms with Crippen molar-refractivity contribution in [2.45, 2.75) is 135 Å². The molecular formula is C52H82NO9P. The van der Waals surface area contributed by atoms with E-state index in [9.17, 15) is 24.2 Å². The number of carbonyl (C=O) groups excluding carboxylic acids is 2. The first kappa shape index (κ1) is 59.1. The molecule has 11 heteroatoms. The fourth-order valence-corrected chi connectivity index (χ4v) is 5.93. The van der Waals surface area contributed by atoms with Crippen LogP contribution >= 0.6 is 7.82 Å². The van der Waals surface area contributed by atoms with Crippen LogP contribution < -0.4 is 4.89 Å². The van der Waals surface area contributed by atoms with Gasteiger partial charge in [-0.1, -0.05) is 154 Å². The topological polar surface area (TPSA) is 131 Å². The number of aliphatic hydroxyl groups is 1. The summed E-state index contributed by atoms with van der Waals surface area (Å²) in [5.74, 6) is -1.17. The molecule has 0 amide bonds. The number of hydrogen-bond acceptors (Lipinski definition) is 9. The lowest BCUT2D eigenvalue weighted by Gasteiger charge is -2.28. The highest BCUT2D eigenvalue weighted by Gasteiger charge is 2.22. The van der Waals surface area contributed by atoms with E-state index in [-0.39, 0.29) is 32.5 Å². The van der Waals surface area contributed by atoms with Crippen molar-refractivity contribution in [2.75, 3.05) is 47.5 Å². The van der Waals surface area contributed by atoms with Crippen LogP contribution in [0.5, 0.6) is 0 Å². The van der Waals surface area contributed by atoms with Crippen molar-refractivity contribution in [3.05, 3.63) is 134 Å². The standard InChI is InChI=1S/C52H82NO9P/c1-6-8-10-12-14-16-18-20-22-24-25-26-28-30-32-34-36-38-40-42-51(55)59-47-50(48-61-63(57,58)60-46-45-53(3,4)5)62-52(56)44-43-49(54)41-39-37-35-33-31-29-27-23-21-19-17-15-13-11-9-7-2/h8-11,14-17,20-23,25-26,29-32,35,37,39,41,49-50,54H,6-7,12-13,18-19,24,27-28,33-34,36,38,40,42-48H2,1-5H3/b10-8-,11-9-,16-14-,17-15-,22-20-,23-21-,26-25-,31-29-,32-30-,37-35-,41-39-/t49?,50-/m1/s1. The van der Waals surface area contributed by atoms with Crippen molar-refractivity contribution in [1.29, 1.82) is 0 Å². The zero-order valence-corrected chi connectivity index (χ0v) is 40.2. The number of rotatable bonds is 39. The second-order valence-corrected chi connectivity index (χ2v) is 17.3. The monoisotopic (exact) mass is 896 g/mol. The van der Waals surface area contributed by atoms with E-state index in [2.05, 4.69) is 123 Å². The molecule has 3 atom stereocenters. The van der Waals surface area contributed by atoms with Gasteiger partial charge < -0.3 is 33.0 Å². The SMILES string of the molecule is CC/C=C\C/C=C\C/C=C\C/C=C\C/C=C\C=C/C(O)CCC(=O)O[C@H](COC(=O)CCCCC/C=C\C/C=C\C/C=C\C/C=C\C/C=C\CC)COP(=O)([O-])OCC[N+](C)(C)C. The van der Waals surface area contributed by atoms with Gasteiger partial charge in [0, 0.05) is 12.8 Å². The third-order valence-corrected chi connectivity index (χ3v) is 9.75. The van der Waals surface area contributed by atoms with Gasteiger partial charge in [0.1, 0.15) is 19.8 Å². The zero-order valence-electron chi connectivity index (χ0n) is 39.3. The van der Waals surface area contributed by atoms with Gasteiger partial charge in [0.25, 0.3) is 7.82 Å². The van der Waals surface area contributed by atoms with Gasteiger partial charge in [0.15, 0.2) is 6.10 Å². The second-order valence-electron chi connectivity index (χ2n) is 15.8. The first-order valence-electron chi connectivity index (χ1n) is 23.0. The zero-order chi connectivity index (χ0) is 46.5. The lowest BCUT2D eigenvalue weighted by atomic mass is 10.1. The van der Waals surface area contributed by atoms with Crippen molar-refractivity contribution in [1.82, 2.24) is 0 Å². The molecule has 0 fully saturated rings. The molecule has 0 radical (unpaired) electrons. The minimum absolute atomic E-state index is 0.0846. The number of esters is 2. The molecule has 0 aromatic heterocycles. The van der Waals surface area contributed by atoms with E-state index in [0.717, 1.165) is 83.5 Å². The van der Waals surface area contributed by atoms with Gasteiger partial charge in [-0.2, -0.15) is 0 Å². The molecule has 0 heterocycles. The Morgan fingerprint density at radius 1 is 0.587 bits per heavy atom. The molecule has 0 aromatic carbocycles. The quantitative estimate of drug-likeness (QED) is 0.0160. The number of hydrogen-bond donors (Lipinski definition) is 1. The first-order valence-corrected chi connectivity index (χ1v) is 24.5. The Balaban J connectivity index is 4.66. The summed E-state index contributed by atoms with van der Waals surface area (Å²) in [6, 6.07) is 0. The van der Waals surface area contributed by atoms with Crippen LogP contribution in [-0.4, -0.2) is 81.2 Å². The molecule has 0 bridgehead atoms. The predicted molar refractivity (Wildman–Crippen MR) is 260 cm³/mol. The Kier molecular flexibility index (Phi) is 39.5. The third-order valence-electron chi connectivity index (χ3n) is 8.78. The Morgan fingerprint density at radius 3 is 1.56 bits per heavy atom. The molecule has 2 unspecified atom stereocenters. The molecule has 0 rings (SSSR count). The molecule has 0 aliphatic heterocycles. The van der Waals surface area contributed by atoms with Crippen LogP contribution in [0.25, 0.3) is 0 Å². The summed E-state index contributed by atoms with van der Waals surface area (Å²) < 4.78 is 33.7. The van der Waals surface area contributed by atoms with Crippen molar-refractivity contribution in [3.8, 4) is 0 Å². The van der Waals surface area contributed by atoms with Gasteiger partial charge in [0.05, 0.1) is 33.9 Å². The highest BCUT2D eigenvalue weighted by Crippen LogP contribution is 2.38. The molecule has 10 nitrogen and oxygen atoms in total. The summed E-state index contributed by atoms with van der Waals surface area (Å²) >= 11 is 0. The van der Waals surface area contributed by atoms with E-state index in [0.29, 0.717) is 17.4 Å². The summed E-state index contributed by atoms with van der Waals surface area (Å²) in [6.45, 7) is 3.64. The Labute approximate surface area is 382 Å². The van der Waals surface area contributed by atoms with Gasteiger partial charge in [0.2, 0.25) is 0 Å². The van der Waals surface area contributed by atoms with Gasteiger partial charge in [-0.25, -0.2) is 0 Å². The molecular weight excluding hydrogens is 814 g/mol. The number of likely N-dealkylation sites (N-methyl/N-ethyl adjacent to an activating group) is 1. The number of unbranched alkanes of at least 4 members (excludes halogenated alkanes) is 3. The van der Waals surface area contributed by atoms with Crippen molar-refractivity contribution in [3.63, 3.8) is 0 Å². The summed E-state index contributed by atoms with van der Waals surface area (Å²) in [6.07, 6.45) is 56.7. The summed E-state index contributed by atoms with van der Waals surface area (Å²) in [4.78, 5) is 37.6. The minimum atomic E-state index is -4.71. The average molecular weight is 896 g/mol. The number of carbonyl (C=O) groups is 2. The van der Waals surface area contributed by atoms with Crippen LogP contribution in [0.4, 0.5) is 0 Å². The van der Waals surface area contributed by atoms with Crippen molar-refractivity contribution in [2.24, 2.45) is 0 Å². The Morgan fingerprint density at radius 2 is 1.06 bits per heavy atom. The summed E-state index contributed by atoms with van der Waals surface area (Å²) in [5, 5.41) is 10.4. The highest BCUT2D eigenvalue weighted by atomic mass is 31.2. The van der Waals surface area contributed by atoms with Crippen LogP contribution in [0.2, 0.25) is 0 Å². The maximum Gasteiger partial charge on any atom is 0.306 e. The fourth-order valence-electron chi connectivity index (χ4n) is 5.20. The first-order chi connectivity index (χ1) is 30.4. The van der Waals surface area contributed by atoms with Crippen LogP contribution in [-0.2, 0) is 32.7 Å². The number of phosphoric ester groups is 1. The number of allylic oxidation sites excluding steroid dienone is 21. The van der Waals surface area contributed by atoms with Crippen LogP contribution in [0, 0.1) is 0 Å². The Bertz CT molecular complexity index is 1540. The fraction of sp³-hybridized carbons (Fsp3) is 0.538. The van der Waals surface area contributed by atoms with Crippen molar-refractivity contribution >= 4 is 19.8 Å². The van der Waals surface area contributed by atoms with E-state index in [1.807, 2.05) is 33.3 Å². The summed E-state index contributed by atoms with van der Waals surface area (Å²) in [7, 11) is 0.975. The third kappa shape index (κ3) is 45.9. The largest absolute Gasteiger partial charge is 0.756 e. The van der Waals surface area contributed by atoms with E-state index < -0.39 is 38.6 Å². The number of nitrogens with zero attached hydrogens (tertiary/aromatic N) is 1. The van der Waals surface area contributed by atoms with E-state index in [1.54, 1.807) is 12.2 Å². The normalized spacial score (nSPS) is 15.2. The van der Waals surface area contributed by atoms with E-state index in [1.165, 1.54) is 0 Å². The molecule has 0 saturated heterocycles. The van der Waals surface area contributed by atoms with Gasteiger partial charge in [-0.05, 0) is 89.9 Å². The number of ether oxygens (including phenoxy) is 2. The second kappa shape index (κ2) is 42.1. The molecule has 1 N–H and O–H groups in total. The number of quaternary nitrogens is 1. The lowest BCUT2D eigenvalue weighted by Crippen LogP contribution is -2.37. The molecule has 0 aromatic rings. The smallest absolute Gasteiger partial charge is 0.306 e. The van der Waals surface area contributed by atoms with Gasteiger partial charge >= 0.3 is 11.9 Å². The van der Waals surface area contributed by atoms with Crippen LogP contribution in [0.1, 0.15) is 123 Å². The molecule has 354 valence electrons. The lowest BCUT2D eigenvalue weighted by molar-refractivity contribution is -0.870. The predicted octanol–water partition coefficient (Wildman–Crippen LogP) is 11.8. The molecule has 0 spiro atoms. The van der Waals surface area contributed by atoms with E-state index in [4.69, 9.17) is 18.5 Å². The van der Waals surface area contributed by atoms with Gasteiger partial charge in [-0.3, -0.25) is 14.2 Å². The maximum atomic E-state index is 12.7. The maximum absolute atomic E-state index is 12.7. The summed E-state index contributed by atoms with van der Waals surface area (Å²) in [5.41, 5.74) is 0. The molecule has 63 heavy (non-hydrogen) atoms. The van der Waals surface area contributed by atoms with Crippen molar-refractivity contribution < 1.29 is 47.2 Å². The van der Waals surface area contributed by atoms with Crippen LogP contribution in [0.3, 0.4) is 0 Å². The Hall–Kier alpha value is -3.89. The minimum Gasteiger partial charge on any atom is -0.756 e. The van der Waals surface area contributed by atoms with E-state index >= 15 is 0 Å². The molecule has 0 saturated carbocycles. The average Bonchev–Trinajstić information content (AvgIpc) is 3.24.